The molecule has 0 atom stereocenters. The maximum absolute atomic E-state index is 11.4. The van der Waals surface area contributed by atoms with Gasteiger partial charge in [0.1, 0.15) is 0 Å². The first kappa shape index (κ1) is 12.2. The Hall–Kier alpha value is -1.90. The van der Waals surface area contributed by atoms with Gasteiger partial charge in [0.2, 0.25) is 5.78 Å². The maximum atomic E-state index is 11.4. The molecule has 0 aliphatic rings. The van der Waals surface area contributed by atoms with Gasteiger partial charge in [0, 0.05) is 6.04 Å². The Balaban J connectivity index is 2.58. The molecule has 1 N–H and O–H groups in total. The zero-order valence-electron chi connectivity index (χ0n) is 9.44. The summed E-state index contributed by atoms with van der Waals surface area (Å²) in [5.41, 5.74) is 0.896. The molecule has 0 aliphatic carbocycles. The average Bonchev–Trinajstić information content (AvgIpc) is 2.26. The fraction of sp³-hybridized carbons (Fsp3) is 0.231. The normalized spacial score (nSPS) is 10.7. The minimum atomic E-state index is -0.567. The Bertz CT molecular complexity index is 394. The summed E-state index contributed by atoms with van der Waals surface area (Å²) < 4.78 is 0. The molecule has 0 saturated heterocycles. The number of benzene rings is 1. The fourth-order valence-electron chi connectivity index (χ4n) is 1.15. The summed E-state index contributed by atoms with van der Waals surface area (Å²) in [6.07, 6.45) is 2.91. The van der Waals surface area contributed by atoms with E-state index < -0.39 is 11.7 Å². The molecule has 3 nitrogen and oxygen atoms in total. The first-order valence-electron chi connectivity index (χ1n) is 5.17. The molecule has 0 radical (unpaired) electrons. The van der Waals surface area contributed by atoms with E-state index in [0.29, 0.717) is 0 Å². The molecule has 1 amide bonds. The topological polar surface area (TPSA) is 46.2 Å². The van der Waals surface area contributed by atoms with Gasteiger partial charge in [-0.1, -0.05) is 36.4 Å². The van der Waals surface area contributed by atoms with Gasteiger partial charge in [-0.2, -0.15) is 0 Å². The lowest BCUT2D eigenvalue weighted by molar-refractivity contribution is -0.135. The molecule has 3 heteroatoms. The first-order chi connectivity index (χ1) is 7.59. The molecule has 1 aromatic carbocycles. The van der Waals surface area contributed by atoms with Crippen molar-refractivity contribution >= 4 is 17.8 Å². The minimum Gasteiger partial charge on any atom is -0.347 e. The van der Waals surface area contributed by atoms with Crippen LogP contribution < -0.4 is 5.32 Å². The van der Waals surface area contributed by atoms with Crippen molar-refractivity contribution < 1.29 is 9.59 Å². The van der Waals surface area contributed by atoms with Gasteiger partial charge in [-0.05, 0) is 25.5 Å². The number of hydrogen-bond donors (Lipinski definition) is 1. The monoisotopic (exact) mass is 217 g/mol. The summed E-state index contributed by atoms with van der Waals surface area (Å²) in [6.45, 7) is 3.62. The molecule has 0 spiro atoms. The lowest BCUT2D eigenvalue weighted by atomic mass is 10.2. The molecule has 0 saturated carbocycles. The first-order valence-corrected chi connectivity index (χ1v) is 5.17. The van der Waals surface area contributed by atoms with E-state index in [-0.39, 0.29) is 6.04 Å². The van der Waals surface area contributed by atoms with E-state index in [1.165, 1.54) is 6.08 Å². The van der Waals surface area contributed by atoms with Gasteiger partial charge < -0.3 is 5.32 Å². The molecule has 0 unspecified atom stereocenters. The summed E-state index contributed by atoms with van der Waals surface area (Å²) in [6, 6.07) is 9.34. The van der Waals surface area contributed by atoms with Crippen LogP contribution in [-0.4, -0.2) is 17.7 Å². The standard InChI is InChI=1S/C13H15NO2/c1-10(2)14-13(16)12(15)9-8-11-6-4-3-5-7-11/h3-10H,1-2H3,(H,14,16)/b9-8+. The van der Waals surface area contributed by atoms with Crippen molar-refractivity contribution in [2.24, 2.45) is 0 Å². The van der Waals surface area contributed by atoms with Crippen molar-refractivity contribution in [2.45, 2.75) is 19.9 Å². The summed E-state index contributed by atoms with van der Waals surface area (Å²) >= 11 is 0. The summed E-state index contributed by atoms with van der Waals surface area (Å²) in [5.74, 6) is -1.10. The van der Waals surface area contributed by atoms with E-state index in [1.807, 2.05) is 44.2 Å². The second-order valence-electron chi connectivity index (χ2n) is 3.74. The number of carbonyl (C=O) groups excluding carboxylic acids is 2. The Labute approximate surface area is 95.2 Å². The maximum Gasteiger partial charge on any atom is 0.291 e. The number of carbonyl (C=O) groups is 2. The molecule has 84 valence electrons. The largest absolute Gasteiger partial charge is 0.347 e. The Morgan fingerprint density at radius 3 is 2.38 bits per heavy atom. The molecule has 1 aromatic rings. The van der Waals surface area contributed by atoms with Crippen LogP contribution in [0.1, 0.15) is 19.4 Å². The molecular formula is C13H15NO2. The SMILES string of the molecule is CC(C)NC(=O)C(=O)/C=C/c1ccccc1. The smallest absolute Gasteiger partial charge is 0.291 e. The zero-order chi connectivity index (χ0) is 12.0. The van der Waals surface area contributed by atoms with Crippen LogP contribution in [0.25, 0.3) is 6.08 Å². The Morgan fingerprint density at radius 1 is 1.19 bits per heavy atom. The molecule has 0 fully saturated rings. The lowest BCUT2D eigenvalue weighted by Gasteiger charge is -2.04. The highest BCUT2D eigenvalue weighted by atomic mass is 16.2. The summed E-state index contributed by atoms with van der Waals surface area (Å²) in [7, 11) is 0. The van der Waals surface area contributed by atoms with Gasteiger partial charge in [0.15, 0.2) is 0 Å². The van der Waals surface area contributed by atoms with Crippen molar-refractivity contribution in [2.75, 3.05) is 0 Å². The highest BCUT2D eigenvalue weighted by Gasteiger charge is 2.10. The Kier molecular flexibility index (Phi) is 4.45. The molecule has 0 aromatic heterocycles. The van der Waals surface area contributed by atoms with Crippen molar-refractivity contribution in [1.82, 2.24) is 5.32 Å². The quantitative estimate of drug-likeness (QED) is 0.617. The molecular weight excluding hydrogens is 202 g/mol. The van der Waals surface area contributed by atoms with E-state index in [0.717, 1.165) is 5.56 Å². The number of nitrogens with one attached hydrogen (secondary N) is 1. The Morgan fingerprint density at radius 2 is 1.81 bits per heavy atom. The van der Waals surface area contributed by atoms with Crippen LogP contribution in [0.4, 0.5) is 0 Å². The van der Waals surface area contributed by atoms with Crippen LogP contribution in [0, 0.1) is 0 Å². The number of amides is 1. The van der Waals surface area contributed by atoms with Gasteiger partial charge in [-0.15, -0.1) is 0 Å². The van der Waals surface area contributed by atoms with Crippen molar-refractivity contribution in [1.29, 1.82) is 0 Å². The second kappa shape index (κ2) is 5.85. The highest BCUT2D eigenvalue weighted by Crippen LogP contribution is 2.00. The third kappa shape index (κ3) is 4.09. The predicted octanol–water partition coefficient (Wildman–Crippen LogP) is 1.79. The number of hydrogen-bond acceptors (Lipinski definition) is 2. The van der Waals surface area contributed by atoms with Crippen molar-refractivity contribution in [3.8, 4) is 0 Å². The van der Waals surface area contributed by atoms with E-state index in [1.54, 1.807) is 6.08 Å². The lowest BCUT2D eigenvalue weighted by Crippen LogP contribution is -2.35. The third-order valence-electron chi connectivity index (χ3n) is 1.87. The van der Waals surface area contributed by atoms with Gasteiger partial charge in [0.05, 0.1) is 0 Å². The predicted molar refractivity (Wildman–Crippen MR) is 63.8 cm³/mol. The van der Waals surface area contributed by atoms with Gasteiger partial charge in [-0.25, -0.2) is 0 Å². The zero-order valence-corrected chi connectivity index (χ0v) is 9.44. The average molecular weight is 217 g/mol. The molecule has 16 heavy (non-hydrogen) atoms. The van der Waals surface area contributed by atoms with Gasteiger partial charge in [-0.3, -0.25) is 9.59 Å². The van der Waals surface area contributed by atoms with Crippen LogP contribution in [0.5, 0.6) is 0 Å². The molecule has 0 bridgehead atoms. The van der Waals surface area contributed by atoms with Crippen LogP contribution >= 0.6 is 0 Å². The highest BCUT2D eigenvalue weighted by molar-refractivity contribution is 6.41. The minimum absolute atomic E-state index is 0.0263. The number of ketones is 1. The number of rotatable bonds is 4. The van der Waals surface area contributed by atoms with E-state index in [9.17, 15) is 9.59 Å². The van der Waals surface area contributed by atoms with E-state index >= 15 is 0 Å². The van der Waals surface area contributed by atoms with Crippen LogP contribution in [0.15, 0.2) is 36.4 Å². The van der Waals surface area contributed by atoms with E-state index in [4.69, 9.17) is 0 Å². The molecule has 0 heterocycles. The summed E-state index contributed by atoms with van der Waals surface area (Å²) in [4.78, 5) is 22.6. The third-order valence-corrected chi connectivity index (χ3v) is 1.87. The van der Waals surface area contributed by atoms with Gasteiger partial charge in [0.25, 0.3) is 5.91 Å². The van der Waals surface area contributed by atoms with Gasteiger partial charge >= 0.3 is 0 Å². The van der Waals surface area contributed by atoms with Crippen LogP contribution in [0.3, 0.4) is 0 Å². The van der Waals surface area contributed by atoms with E-state index in [2.05, 4.69) is 5.32 Å². The fourth-order valence-corrected chi connectivity index (χ4v) is 1.15. The van der Waals surface area contributed by atoms with Crippen LogP contribution in [-0.2, 0) is 9.59 Å². The van der Waals surface area contributed by atoms with Crippen molar-refractivity contribution in [3.05, 3.63) is 42.0 Å². The molecule has 0 aliphatic heterocycles. The molecule has 1 rings (SSSR count). The van der Waals surface area contributed by atoms with Crippen molar-refractivity contribution in [3.63, 3.8) is 0 Å². The summed E-state index contributed by atoms with van der Waals surface area (Å²) in [5, 5.41) is 2.54. The van der Waals surface area contributed by atoms with Crippen LogP contribution in [0.2, 0.25) is 0 Å². The second-order valence-corrected chi connectivity index (χ2v) is 3.74.